The van der Waals surface area contributed by atoms with Crippen LogP contribution in [-0.2, 0) is 4.79 Å². The standard InChI is InChI=1S/C27H26Cl3NO2/c1-15(32)21-9-10-22(17-3-6-19(28)7-4-17)27(26(21)16(2)33)25-12-5-18(14-31-25)23-13-20(29)8-11-24(23)30/h3-8,11-14,16,21-22,26-27,33H,9-10H2,1-2H3. The van der Waals surface area contributed by atoms with Crippen molar-refractivity contribution in [2.45, 2.75) is 44.6 Å². The number of ketones is 1. The quantitative estimate of drug-likeness (QED) is 0.391. The van der Waals surface area contributed by atoms with Crippen LogP contribution in [0.3, 0.4) is 0 Å². The lowest BCUT2D eigenvalue weighted by molar-refractivity contribution is -0.126. The molecule has 1 N–H and O–H groups in total. The first kappa shape index (κ1) is 24.2. The van der Waals surface area contributed by atoms with Crippen LogP contribution in [0, 0.1) is 11.8 Å². The molecule has 33 heavy (non-hydrogen) atoms. The van der Waals surface area contributed by atoms with Gasteiger partial charge in [0.2, 0.25) is 0 Å². The molecule has 0 saturated heterocycles. The highest BCUT2D eigenvalue weighted by molar-refractivity contribution is 6.35. The summed E-state index contributed by atoms with van der Waals surface area (Å²) in [6.45, 7) is 3.40. The Labute approximate surface area is 209 Å². The minimum absolute atomic E-state index is 0.113. The molecule has 1 aromatic heterocycles. The molecule has 1 aliphatic rings. The van der Waals surface area contributed by atoms with Gasteiger partial charge in [0, 0.05) is 55.8 Å². The monoisotopic (exact) mass is 501 g/mol. The highest BCUT2D eigenvalue weighted by Crippen LogP contribution is 2.51. The number of carbonyl (C=O) groups excluding carboxylic acids is 1. The molecule has 0 aliphatic heterocycles. The molecule has 1 aliphatic carbocycles. The van der Waals surface area contributed by atoms with Gasteiger partial charge in [0.15, 0.2) is 0 Å². The SMILES string of the molecule is CC(=O)C1CCC(c2ccc(Cl)cc2)C(c2ccc(-c3cc(Cl)ccc3Cl)cn2)C1C(C)O. The number of aliphatic hydroxyl groups excluding tert-OH is 1. The lowest BCUT2D eigenvalue weighted by Crippen LogP contribution is -2.41. The number of carbonyl (C=O) groups is 1. The highest BCUT2D eigenvalue weighted by atomic mass is 35.5. The van der Waals surface area contributed by atoms with Gasteiger partial charge in [-0.3, -0.25) is 9.78 Å². The zero-order valence-electron chi connectivity index (χ0n) is 18.5. The van der Waals surface area contributed by atoms with E-state index in [1.165, 1.54) is 0 Å². The van der Waals surface area contributed by atoms with E-state index in [1.54, 1.807) is 32.2 Å². The number of nitrogens with zero attached hydrogens (tertiary/aromatic N) is 1. The van der Waals surface area contributed by atoms with Crippen molar-refractivity contribution in [1.82, 2.24) is 4.98 Å². The minimum atomic E-state index is -0.650. The maximum absolute atomic E-state index is 12.5. The first-order chi connectivity index (χ1) is 15.8. The maximum atomic E-state index is 12.5. The van der Waals surface area contributed by atoms with Gasteiger partial charge in [-0.1, -0.05) is 53.0 Å². The van der Waals surface area contributed by atoms with Crippen LogP contribution < -0.4 is 0 Å². The van der Waals surface area contributed by atoms with Gasteiger partial charge >= 0.3 is 0 Å². The average Bonchev–Trinajstić information content (AvgIpc) is 2.80. The molecule has 3 nitrogen and oxygen atoms in total. The summed E-state index contributed by atoms with van der Waals surface area (Å²) in [5.41, 5.74) is 3.67. The topological polar surface area (TPSA) is 50.2 Å². The largest absolute Gasteiger partial charge is 0.393 e. The molecule has 5 unspecified atom stereocenters. The first-order valence-electron chi connectivity index (χ1n) is 11.1. The normalized spacial score (nSPS) is 23.8. The van der Waals surface area contributed by atoms with Crippen molar-refractivity contribution < 1.29 is 9.90 Å². The molecule has 6 heteroatoms. The third-order valence-electron chi connectivity index (χ3n) is 6.85. The molecule has 172 valence electrons. The predicted molar refractivity (Wildman–Crippen MR) is 135 cm³/mol. The molecular weight excluding hydrogens is 477 g/mol. The van der Waals surface area contributed by atoms with Gasteiger partial charge in [-0.15, -0.1) is 0 Å². The fourth-order valence-corrected chi connectivity index (χ4v) is 5.85. The summed E-state index contributed by atoms with van der Waals surface area (Å²) in [5, 5.41) is 12.7. The summed E-state index contributed by atoms with van der Waals surface area (Å²) in [7, 11) is 0. The Morgan fingerprint density at radius 2 is 1.70 bits per heavy atom. The first-order valence-corrected chi connectivity index (χ1v) is 12.2. The Kier molecular flexibility index (Phi) is 7.45. The van der Waals surface area contributed by atoms with Gasteiger partial charge in [0.05, 0.1) is 6.10 Å². The zero-order valence-corrected chi connectivity index (χ0v) is 20.8. The summed E-state index contributed by atoms with van der Waals surface area (Å²) < 4.78 is 0. The van der Waals surface area contributed by atoms with Gasteiger partial charge in [-0.2, -0.15) is 0 Å². The van der Waals surface area contributed by atoms with Crippen molar-refractivity contribution in [2.75, 3.05) is 0 Å². The lowest BCUT2D eigenvalue weighted by atomic mass is 9.61. The molecule has 0 amide bonds. The van der Waals surface area contributed by atoms with E-state index in [1.807, 2.05) is 42.5 Å². The zero-order chi connectivity index (χ0) is 23.7. The number of aromatic nitrogens is 1. The van der Waals surface area contributed by atoms with Gasteiger partial charge in [0.1, 0.15) is 5.78 Å². The van der Waals surface area contributed by atoms with E-state index in [-0.39, 0.29) is 29.5 Å². The Morgan fingerprint density at radius 1 is 1.00 bits per heavy atom. The number of aliphatic hydroxyl groups is 1. The van der Waals surface area contributed by atoms with Crippen LogP contribution in [0.15, 0.2) is 60.8 Å². The molecule has 3 aromatic rings. The Morgan fingerprint density at radius 3 is 2.30 bits per heavy atom. The van der Waals surface area contributed by atoms with Crippen LogP contribution in [0.1, 0.15) is 49.8 Å². The summed E-state index contributed by atoms with van der Waals surface area (Å²) in [4.78, 5) is 17.3. The third kappa shape index (κ3) is 5.12. The molecule has 1 saturated carbocycles. The van der Waals surface area contributed by atoms with Gasteiger partial charge in [0.25, 0.3) is 0 Å². The van der Waals surface area contributed by atoms with Crippen molar-refractivity contribution in [1.29, 1.82) is 0 Å². The summed E-state index contributed by atoms with van der Waals surface area (Å²) in [6.07, 6.45) is 2.72. The number of Topliss-reactive ketones (excluding diaryl/α,β-unsaturated/α-hetero) is 1. The Balaban J connectivity index is 1.78. The van der Waals surface area contributed by atoms with Crippen molar-refractivity contribution >= 4 is 40.6 Å². The summed E-state index contributed by atoms with van der Waals surface area (Å²) >= 11 is 18.7. The summed E-state index contributed by atoms with van der Waals surface area (Å²) in [6, 6.07) is 17.2. The van der Waals surface area contributed by atoms with Crippen LogP contribution in [-0.4, -0.2) is 22.0 Å². The number of pyridine rings is 1. The predicted octanol–water partition coefficient (Wildman–Crippen LogP) is 7.57. The van der Waals surface area contributed by atoms with E-state index in [0.29, 0.717) is 15.1 Å². The van der Waals surface area contributed by atoms with Crippen molar-refractivity contribution in [3.8, 4) is 11.1 Å². The molecule has 0 spiro atoms. The second kappa shape index (κ2) is 10.1. The molecular formula is C27H26Cl3NO2. The number of hydrogen-bond acceptors (Lipinski definition) is 3. The van der Waals surface area contributed by atoms with Crippen LogP contribution in [0.5, 0.6) is 0 Å². The van der Waals surface area contributed by atoms with E-state index in [4.69, 9.17) is 39.8 Å². The smallest absolute Gasteiger partial charge is 0.133 e. The van der Waals surface area contributed by atoms with Crippen molar-refractivity contribution in [3.63, 3.8) is 0 Å². The van der Waals surface area contributed by atoms with Crippen LogP contribution >= 0.6 is 34.8 Å². The fourth-order valence-electron chi connectivity index (χ4n) is 5.33. The average molecular weight is 503 g/mol. The number of rotatable bonds is 5. The van der Waals surface area contributed by atoms with E-state index in [9.17, 15) is 9.90 Å². The van der Waals surface area contributed by atoms with Crippen molar-refractivity contribution in [2.24, 2.45) is 11.8 Å². The molecule has 1 fully saturated rings. The van der Waals surface area contributed by atoms with E-state index in [0.717, 1.165) is 35.2 Å². The van der Waals surface area contributed by atoms with E-state index >= 15 is 0 Å². The van der Waals surface area contributed by atoms with Gasteiger partial charge in [-0.25, -0.2) is 0 Å². The van der Waals surface area contributed by atoms with Gasteiger partial charge in [-0.05, 0) is 74.6 Å². The second-order valence-corrected chi connectivity index (χ2v) is 10.2. The molecule has 4 rings (SSSR count). The molecule has 0 radical (unpaired) electrons. The van der Waals surface area contributed by atoms with Crippen molar-refractivity contribution in [3.05, 3.63) is 87.1 Å². The van der Waals surface area contributed by atoms with E-state index < -0.39 is 6.10 Å². The van der Waals surface area contributed by atoms with Crippen LogP contribution in [0.2, 0.25) is 15.1 Å². The molecule has 5 atom stereocenters. The molecule has 0 bridgehead atoms. The number of hydrogen-bond donors (Lipinski definition) is 1. The van der Waals surface area contributed by atoms with Crippen LogP contribution in [0.4, 0.5) is 0 Å². The fraction of sp³-hybridized carbons (Fsp3) is 0.333. The maximum Gasteiger partial charge on any atom is 0.133 e. The molecule has 2 aromatic carbocycles. The van der Waals surface area contributed by atoms with Gasteiger partial charge < -0.3 is 5.11 Å². The van der Waals surface area contributed by atoms with Crippen LogP contribution in [0.25, 0.3) is 11.1 Å². The molecule has 1 heterocycles. The highest BCUT2D eigenvalue weighted by Gasteiger charge is 2.45. The second-order valence-electron chi connectivity index (χ2n) is 8.89. The lowest BCUT2D eigenvalue weighted by Gasteiger charge is -2.44. The van der Waals surface area contributed by atoms with E-state index in [2.05, 4.69) is 0 Å². The Bertz CT molecular complexity index is 1130. The summed E-state index contributed by atoms with van der Waals surface area (Å²) in [5.74, 6) is -0.321. The number of halogens is 3. The third-order valence-corrected chi connectivity index (χ3v) is 7.66. The minimum Gasteiger partial charge on any atom is -0.393 e. The Hall–Kier alpha value is -1.91. The number of benzene rings is 2.